The Labute approximate surface area is 106 Å². The fraction of sp³-hybridized carbons (Fsp3) is 1.00. The zero-order chi connectivity index (χ0) is 12.3. The Hall–Kier alpha value is -0.120. The van der Waals surface area contributed by atoms with Gasteiger partial charge in [0.25, 0.3) is 0 Å². The second kappa shape index (κ2) is 5.68. The van der Waals surface area contributed by atoms with Crippen molar-refractivity contribution in [2.24, 2.45) is 11.1 Å². The van der Waals surface area contributed by atoms with Crippen molar-refractivity contribution in [3.8, 4) is 0 Å². The first kappa shape index (κ1) is 13.3. The summed E-state index contributed by atoms with van der Waals surface area (Å²) in [6.07, 6.45) is 8.03. The topological polar surface area (TPSA) is 38.5 Å². The lowest BCUT2D eigenvalue weighted by atomic mass is 9.84. The standard InChI is InChI=1S/C14H28N2O/c1-14(8-5-7-13(14)15)11-16(2)10-12-6-3-4-9-17-12/h12-13H,3-11,15H2,1-2H3. The largest absolute Gasteiger partial charge is 0.377 e. The molecule has 0 aromatic carbocycles. The average Bonchev–Trinajstić information content (AvgIpc) is 2.60. The van der Waals surface area contributed by atoms with Crippen LogP contribution in [0.3, 0.4) is 0 Å². The molecule has 2 fully saturated rings. The lowest BCUT2D eigenvalue weighted by molar-refractivity contribution is -0.00745. The molecule has 0 aromatic rings. The van der Waals surface area contributed by atoms with Crippen molar-refractivity contribution >= 4 is 0 Å². The highest BCUT2D eigenvalue weighted by atomic mass is 16.5. The molecule has 1 aliphatic carbocycles. The van der Waals surface area contributed by atoms with Crippen LogP contribution in [0, 0.1) is 5.41 Å². The lowest BCUT2D eigenvalue weighted by Gasteiger charge is -2.35. The fourth-order valence-electron chi connectivity index (χ4n) is 3.44. The fourth-order valence-corrected chi connectivity index (χ4v) is 3.44. The maximum Gasteiger partial charge on any atom is 0.0701 e. The molecule has 3 heteroatoms. The maximum absolute atomic E-state index is 6.24. The third-order valence-electron chi connectivity index (χ3n) is 4.58. The Morgan fingerprint density at radius 1 is 1.29 bits per heavy atom. The Morgan fingerprint density at radius 3 is 2.71 bits per heavy atom. The van der Waals surface area contributed by atoms with E-state index in [1.165, 1.54) is 38.5 Å². The lowest BCUT2D eigenvalue weighted by Crippen LogP contribution is -2.45. The Bertz CT molecular complexity index is 240. The van der Waals surface area contributed by atoms with Crippen LogP contribution in [-0.4, -0.2) is 43.8 Å². The van der Waals surface area contributed by atoms with Gasteiger partial charge in [-0.2, -0.15) is 0 Å². The molecule has 2 N–H and O–H groups in total. The number of likely N-dealkylation sites (N-methyl/N-ethyl adjacent to an activating group) is 1. The quantitative estimate of drug-likeness (QED) is 0.817. The highest BCUT2D eigenvalue weighted by molar-refractivity contribution is 4.93. The molecular weight excluding hydrogens is 212 g/mol. The molecule has 0 radical (unpaired) electrons. The van der Waals surface area contributed by atoms with E-state index in [1.807, 2.05) is 0 Å². The SMILES string of the molecule is CN(CC1CCCCO1)CC1(C)CCCC1N. The van der Waals surface area contributed by atoms with E-state index in [-0.39, 0.29) is 0 Å². The monoisotopic (exact) mass is 240 g/mol. The molecule has 3 nitrogen and oxygen atoms in total. The van der Waals surface area contributed by atoms with Crippen molar-refractivity contribution in [1.82, 2.24) is 4.90 Å². The van der Waals surface area contributed by atoms with Gasteiger partial charge >= 0.3 is 0 Å². The normalized spacial score (nSPS) is 38.8. The van der Waals surface area contributed by atoms with Crippen LogP contribution in [-0.2, 0) is 4.74 Å². The Balaban J connectivity index is 1.77. The summed E-state index contributed by atoms with van der Waals surface area (Å²) in [5.74, 6) is 0. The molecule has 3 unspecified atom stereocenters. The number of nitrogens with zero attached hydrogens (tertiary/aromatic N) is 1. The minimum Gasteiger partial charge on any atom is -0.377 e. The van der Waals surface area contributed by atoms with E-state index in [9.17, 15) is 0 Å². The summed E-state index contributed by atoms with van der Waals surface area (Å²) in [5.41, 5.74) is 6.56. The molecule has 0 bridgehead atoms. The van der Waals surface area contributed by atoms with Gasteiger partial charge in [-0.05, 0) is 44.6 Å². The summed E-state index contributed by atoms with van der Waals surface area (Å²) < 4.78 is 5.80. The minimum atomic E-state index is 0.323. The molecule has 2 aliphatic rings. The Kier molecular flexibility index (Phi) is 4.45. The van der Waals surface area contributed by atoms with Gasteiger partial charge in [0.15, 0.2) is 0 Å². The van der Waals surface area contributed by atoms with E-state index < -0.39 is 0 Å². The number of rotatable bonds is 4. The van der Waals surface area contributed by atoms with Crippen LogP contribution in [0.5, 0.6) is 0 Å². The highest BCUT2D eigenvalue weighted by Crippen LogP contribution is 2.37. The van der Waals surface area contributed by atoms with E-state index in [1.54, 1.807) is 0 Å². The van der Waals surface area contributed by atoms with Crippen LogP contribution in [0.1, 0.15) is 45.4 Å². The number of nitrogens with two attached hydrogens (primary N) is 1. The minimum absolute atomic E-state index is 0.323. The number of hydrogen-bond donors (Lipinski definition) is 1. The van der Waals surface area contributed by atoms with E-state index in [0.717, 1.165) is 19.7 Å². The molecule has 1 aliphatic heterocycles. The van der Waals surface area contributed by atoms with Crippen LogP contribution in [0.4, 0.5) is 0 Å². The van der Waals surface area contributed by atoms with Gasteiger partial charge in [-0.25, -0.2) is 0 Å². The first-order chi connectivity index (χ1) is 8.10. The van der Waals surface area contributed by atoms with E-state index in [4.69, 9.17) is 10.5 Å². The molecule has 3 atom stereocenters. The van der Waals surface area contributed by atoms with Gasteiger partial charge in [-0.15, -0.1) is 0 Å². The molecular formula is C14H28N2O. The third kappa shape index (κ3) is 3.43. The van der Waals surface area contributed by atoms with Crippen LogP contribution in [0.15, 0.2) is 0 Å². The molecule has 0 aromatic heterocycles. The highest BCUT2D eigenvalue weighted by Gasteiger charge is 2.37. The third-order valence-corrected chi connectivity index (χ3v) is 4.58. The van der Waals surface area contributed by atoms with Crippen LogP contribution in [0.25, 0.3) is 0 Å². The van der Waals surface area contributed by atoms with E-state index in [2.05, 4.69) is 18.9 Å². The predicted molar refractivity (Wildman–Crippen MR) is 71.0 cm³/mol. The predicted octanol–water partition coefficient (Wildman–Crippen LogP) is 2.00. The van der Waals surface area contributed by atoms with Crippen molar-refractivity contribution in [1.29, 1.82) is 0 Å². The van der Waals surface area contributed by atoms with Crippen LogP contribution >= 0.6 is 0 Å². The molecule has 0 amide bonds. The second-order valence-corrected chi connectivity index (χ2v) is 6.34. The molecule has 2 rings (SSSR count). The first-order valence-corrected chi connectivity index (χ1v) is 7.16. The smallest absolute Gasteiger partial charge is 0.0701 e. The average molecular weight is 240 g/mol. The Morgan fingerprint density at radius 2 is 2.12 bits per heavy atom. The summed E-state index contributed by atoms with van der Waals surface area (Å²) in [6, 6.07) is 0.386. The van der Waals surface area contributed by atoms with Gasteiger partial charge < -0.3 is 15.4 Å². The van der Waals surface area contributed by atoms with Gasteiger partial charge in [0, 0.05) is 25.7 Å². The van der Waals surface area contributed by atoms with Gasteiger partial charge in [-0.1, -0.05) is 13.3 Å². The zero-order valence-electron chi connectivity index (χ0n) is 11.5. The molecule has 1 saturated carbocycles. The van der Waals surface area contributed by atoms with Gasteiger partial charge in [0.1, 0.15) is 0 Å². The van der Waals surface area contributed by atoms with Crippen molar-refractivity contribution in [2.75, 3.05) is 26.7 Å². The molecule has 17 heavy (non-hydrogen) atoms. The van der Waals surface area contributed by atoms with Crippen LogP contribution in [0.2, 0.25) is 0 Å². The maximum atomic E-state index is 6.24. The van der Waals surface area contributed by atoms with Gasteiger partial charge in [0.2, 0.25) is 0 Å². The summed E-state index contributed by atoms with van der Waals surface area (Å²) in [7, 11) is 2.22. The van der Waals surface area contributed by atoms with E-state index >= 15 is 0 Å². The molecule has 1 saturated heterocycles. The summed E-state index contributed by atoms with van der Waals surface area (Å²) in [4.78, 5) is 2.43. The second-order valence-electron chi connectivity index (χ2n) is 6.34. The molecule has 100 valence electrons. The first-order valence-electron chi connectivity index (χ1n) is 7.16. The van der Waals surface area contributed by atoms with E-state index in [0.29, 0.717) is 17.6 Å². The zero-order valence-corrected chi connectivity index (χ0v) is 11.5. The van der Waals surface area contributed by atoms with Crippen molar-refractivity contribution in [2.45, 2.75) is 57.6 Å². The van der Waals surface area contributed by atoms with Gasteiger partial charge in [0.05, 0.1) is 6.10 Å². The van der Waals surface area contributed by atoms with Crippen molar-refractivity contribution < 1.29 is 4.74 Å². The van der Waals surface area contributed by atoms with Crippen LogP contribution < -0.4 is 5.73 Å². The molecule has 0 spiro atoms. The van der Waals surface area contributed by atoms with Crippen molar-refractivity contribution in [3.63, 3.8) is 0 Å². The summed E-state index contributed by atoms with van der Waals surface area (Å²) >= 11 is 0. The number of hydrogen-bond acceptors (Lipinski definition) is 3. The summed E-state index contributed by atoms with van der Waals surface area (Å²) in [6.45, 7) is 5.49. The summed E-state index contributed by atoms with van der Waals surface area (Å²) in [5, 5.41) is 0. The van der Waals surface area contributed by atoms with Crippen molar-refractivity contribution in [3.05, 3.63) is 0 Å². The number of ether oxygens (including phenoxy) is 1. The van der Waals surface area contributed by atoms with Gasteiger partial charge in [-0.3, -0.25) is 0 Å². The molecule has 1 heterocycles.